The normalized spacial score (nSPS) is 11.1. The molecule has 0 unspecified atom stereocenters. The Labute approximate surface area is 170 Å². The molecule has 0 saturated carbocycles. The third-order valence-electron chi connectivity index (χ3n) is 4.57. The molecule has 0 saturated heterocycles. The van der Waals surface area contributed by atoms with Crippen molar-refractivity contribution in [3.05, 3.63) is 50.3 Å². The summed E-state index contributed by atoms with van der Waals surface area (Å²) in [5, 5.41) is 0.589. The average Bonchev–Trinajstić information content (AvgIpc) is 2.99. The predicted octanol–water partition coefficient (Wildman–Crippen LogP) is 4.45. The number of halogens is 1. The molecule has 0 fully saturated rings. The van der Waals surface area contributed by atoms with Crippen LogP contribution in [0.15, 0.2) is 39.9 Å². The molecule has 3 rings (SSSR count). The van der Waals surface area contributed by atoms with Crippen LogP contribution in [0.2, 0.25) is 0 Å². The SMILES string of the molecule is CCCCN(C)C(=O)Cn1cnc2sc(C)c(-c3ccc(Br)cc3)c2c1=O. The quantitative estimate of drug-likeness (QED) is 0.560. The van der Waals surface area contributed by atoms with E-state index in [1.54, 1.807) is 11.9 Å². The van der Waals surface area contributed by atoms with Crippen LogP contribution in [0.1, 0.15) is 24.6 Å². The zero-order valence-electron chi connectivity index (χ0n) is 15.7. The van der Waals surface area contributed by atoms with Crippen molar-refractivity contribution in [3.63, 3.8) is 0 Å². The van der Waals surface area contributed by atoms with Crippen molar-refractivity contribution >= 4 is 43.4 Å². The Morgan fingerprint density at radius 3 is 2.67 bits per heavy atom. The lowest BCUT2D eigenvalue weighted by molar-refractivity contribution is -0.130. The average molecular weight is 448 g/mol. The number of benzene rings is 1. The number of thiophene rings is 1. The zero-order chi connectivity index (χ0) is 19.6. The fourth-order valence-electron chi connectivity index (χ4n) is 3.00. The fraction of sp³-hybridized carbons (Fsp3) is 0.350. The third kappa shape index (κ3) is 4.14. The minimum atomic E-state index is -0.167. The highest BCUT2D eigenvalue weighted by Crippen LogP contribution is 2.35. The summed E-state index contributed by atoms with van der Waals surface area (Å²) in [5.74, 6) is -0.0798. The van der Waals surface area contributed by atoms with Gasteiger partial charge in [0, 0.05) is 28.5 Å². The molecule has 27 heavy (non-hydrogen) atoms. The molecule has 0 aliphatic heterocycles. The van der Waals surface area contributed by atoms with Gasteiger partial charge in [-0.15, -0.1) is 11.3 Å². The number of aromatic nitrogens is 2. The molecular formula is C20H22BrN3O2S. The van der Waals surface area contributed by atoms with E-state index in [-0.39, 0.29) is 18.0 Å². The largest absolute Gasteiger partial charge is 0.344 e. The van der Waals surface area contributed by atoms with E-state index in [1.165, 1.54) is 22.2 Å². The van der Waals surface area contributed by atoms with Crippen molar-refractivity contribution in [2.75, 3.05) is 13.6 Å². The first-order valence-corrected chi connectivity index (χ1v) is 10.5. The Balaban J connectivity index is 2.01. The van der Waals surface area contributed by atoms with E-state index in [0.29, 0.717) is 16.8 Å². The highest BCUT2D eigenvalue weighted by Gasteiger charge is 2.18. The molecule has 0 bridgehead atoms. The van der Waals surface area contributed by atoms with Crippen molar-refractivity contribution in [2.24, 2.45) is 0 Å². The number of hydrogen-bond donors (Lipinski definition) is 0. The molecule has 1 amide bonds. The van der Waals surface area contributed by atoms with Crippen molar-refractivity contribution in [1.29, 1.82) is 0 Å². The second-order valence-corrected chi connectivity index (χ2v) is 8.69. The molecule has 0 radical (unpaired) electrons. The van der Waals surface area contributed by atoms with Crippen LogP contribution in [0.5, 0.6) is 0 Å². The number of hydrogen-bond acceptors (Lipinski definition) is 4. The summed E-state index contributed by atoms with van der Waals surface area (Å²) in [4.78, 5) is 33.4. The molecule has 2 aromatic heterocycles. The van der Waals surface area contributed by atoms with Gasteiger partial charge in [-0.05, 0) is 31.0 Å². The maximum absolute atomic E-state index is 13.1. The molecule has 0 spiro atoms. The number of amides is 1. The number of aryl methyl sites for hydroxylation is 1. The molecule has 2 heterocycles. The van der Waals surface area contributed by atoms with Gasteiger partial charge in [0.15, 0.2) is 0 Å². The number of likely N-dealkylation sites (N-methyl/N-ethyl adjacent to an activating group) is 1. The van der Waals surface area contributed by atoms with Crippen molar-refractivity contribution in [2.45, 2.75) is 33.2 Å². The molecule has 1 aromatic carbocycles. The van der Waals surface area contributed by atoms with E-state index < -0.39 is 0 Å². The van der Waals surface area contributed by atoms with Gasteiger partial charge in [0.25, 0.3) is 5.56 Å². The van der Waals surface area contributed by atoms with Crippen LogP contribution in [0.4, 0.5) is 0 Å². The zero-order valence-corrected chi connectivity index (χ0v) is 18.1. The van der Waals surface area contributed by atoms with E-state index in [1.807, 2.05) is 31.2 Å². The van der Waals surface area contributed by atoms with Gasteiger partial charge in [0.05, 0.1) is 11.7 Å². The van der Waals surface area contributed by atoms with Crippen molar-refractivity contribution in [3.8, 4) is 11.1 Å². The highest BCUT2D eigenvalue weighted by molar-refractivity contribution is 9.10. The van der Waals surface area contributed by atoms with Gasteiger partial charge < -0.3 is 4.90 Å². The summed E-state index contributed by atoms with van der Waals surface area (Å²) < 4.78 is 2.40. The Morgan fingerprint density at radius 1 is 1.30 bits per heavy atom. The lowest BCUT2D eigenvalue weighted by atomic mass is 10.0. The van der Waals surface area contributed by atoms with E-state index in [4.69, 9.17) is 0 Å². The first-order valence-electron chi connectivity index (χ1n) is 8.90. The molecule has 7 heteroatoms. The summed E-state index contributed by atoms with van der Waals surface area (Å²) in [6.07, 6.45) is 3.46. The summed E-state index contributed by atoms with van der Waals surface area (Å²) in [6, 6.07) is 7.89. The molecule has 0 N–H and O–H groups in total. The van der Waals surface area contributed by atoms with Crippen LogP contribution in [0.3, 0.4) is 0 Å². The molecule has 0 aliphatic rings. The number of unbranched alkanes of at least 4 members (excludes halogenated alkanes) is 1. The first-order chi connectivity index (χ1) is 12.9. The molecule has 0 aliphatic carbocycles. The van der Waals surface area contributed by atoms with Crippen LogP contribution >= 0.6 is 27.3 Å². The van der Waals surface area contributed by atoms with Gasteiger partial charge in [-0.3, -0.25) is 14.2 Å². The van der Waals surface area contributed by atoms with Crippen molar-refractivity contribution in [1.82, 2.24) is 14.5 Å². The Bertz CT molecular complexity index is 1020. The lowest BCUT2D eigenvalue weighted by Crippen LogP contribution is -2.34. The predicted molar refractivity (Wildman–Crippen MR) is 114 cm³/mol. The van der Waals surface area contributed by atoms with Crippen LogP contribution in [-0.2, 0) is 11.3 Å². The second-order valence-electron chi connectivity index (χ2n) is 6.57. The van der Waals surface area contributed by atoms with Crippen LogP contribution in [0, 0.1) is 6.92 Å². The van der Waals surface area contributed by atoms with Gasteiger partial charge in [-0.25, -0.2) is 4.98 Å². The van der Waals surface area contributed by atoms with Gasteiger partial charge in [0.1, 0.15) is 11.4 Å². The van der Waals surface area contributed by atoms with E-state index in [9.17, 15) is 9.59 Å². The van der Waals surface area contributed by atoms with E-state index in [2.05, 4.69) is 27.8 Å². The molecule has 3 aromatic rings. The first kappa shape index (κ1) is 19.8. The van der Waals surface area contributed by atoms with Gasteiger partial charge in [-0.1, -0.05) is 41.4 Å². The van der Waals surface area contributed by atoms with Crippen LogP contribution < -0.4 is 5.56 Å². The highest BCUT2D eigenvalue weighted by atomic mass is 79.9. The molecule has 0 atom stereocenters. The standard InChI is InChI=1S/C20H22BrN3O2S/c1-4-5-10-23(3)16(25)11-24-12-22-19-18(20(24)26)17(13(2)27-19)14-6-8-15(21)9-7-14/h6-9,12H,4-5,10-11H2,1-3H3. The molecular weight excluding hydrogens is 426 g/mol. The van der Waals surface area contributed by atoms with Gasteiger partial charge >= 0.3 is 0 Å². The molecule has 142 valence electrons. The Morgan fingerprint density at radius 2 is 2.00 bits per heavy atom. The van der Waals surface area contributed by atoms with Crippen molar-refractivity contribution < 1.29 is 4.79 Å². The number of nitrogens with zero attached hydrogens (tertiary/aromatic N) is 3. The van der Waals surface area contributed by atoms with Crippen LogP contribution in [-0.4, -0.2) is 34.0 Å². The smallest absolute Gasteiger partial charge is 0.263 e. The lowest BCUT2D eigenvalue weighted by Gasteiger charge is -2.17. The number of carbonyl (C=O) groups excluding carboxylic acids is 1. The minimum Gasteiger partial charge on any atom is -0.344 e. The van der Waals surface area contributed by atoms with Gasteiger partial charge in [0.2, 0.25) is 5.91 Å². The summed E-state index contributed by atoms with van der Waals surface area (Å²) >= 11 is 4.95. The fourth-order valence-corrected chi connectivity index (χ4v) is 4.27. The monoisotopic (exact) mass is 447 g/mol. The van der Waals surface area contributed by atoms with E-state index >= 15 is 0 Å². The summed E-state index contributed by atoms with van der Waals surface area (Å²) in [5.41, 5.74) is 1.71. The number of rotatable bonds is 6. The minimum absolute atomic E-state index is 0.0106. The van der Waals surface area contributed by atoms with Gasteiger partial charge in [-0.2, -0.15) is 0 Å². The summed E-state index contributed by atoms with van der Waals surface area (Å²) in [7, 11) is 1.77. The topological polar surface area (TPSA) is 55.2 Å². The molecule has 5 nitrogen and oxygen atoms in total. The third-order valence-corrected chi connectivity index (χ3v) is 6.11. The number of carbonyl (C=O) groups is 1. The Kier molecular flexibility index (Phi) is 6.11. The summed E-state index contributed by atoms with van der Waals surface area (Å²) in [6.45, 7) is 4.79. The maximum atomic E-state index is 13.1. The second kappa shape index (κ2) is 8.35. The Hall–Kier alpha value is -1.99. The maximum Gasteiger partial charge on any atom is 0.263 e. The number of fused-ring (bicyclic) bond motifs is 1. The van der Waals surface area contributed by atoms with Crippen LogP contribution in [0.25, 0.3) is 21.3 Å². The van der Waals surface area contributed by atoms with E-state index in [0.717, 1.165) is 33.3 Å².